The number of nitrogens with one attached hydrogen (secondary N) is 1. The first-order chi connectivity index (χ1) is 2.41. The van der Waals surface area contributed by atoms with E-state index in [-0.39, 0.29) is 0 Å². The van der Waals surface area contributed by atoms with Gasteiger partial charge in [-0.05, 0) is 0 Å². The van der Waals surface area contributed by atoms with Crippen molar-refractivity contribution < 1.29 is 4.79 Å². The van der Waals surface area contributed by atoms with Crippen LogP contribution in [0.2, 0.25) is 0 Å². The van der Waals surface area contributed by atoms with E-state index in [4.69, 9.17) is 10.2 Å². The Morgan fingerprint density at radius 3 is 1.80 bits per heavy atom. The van der Waals surface area contributed by atoms with Crippen molar-refractivity contribution in [2.24, 2.45) is 5.40 Å². The maximum Gasteiger partial charge on any atom is 0.231 e. The molecule has 0 amide bonds. The molecule has 0 spiro atoms. The second-order valence-corrected chi connectivity index (χ2v) is 0.102. The maximum absolute atomic E-state index is 8.35. The first-order valence-electron chi connectivity index (χ1n) is 1.03. The van der Waals surface area contributed by atoms with E-state index in [1.807, 2.05) is 0 Å². The first-order valence-corrected chi connectivity index (χ1v) is 2.19. The lowest BCUT2D eigenvalue weighted by molar-refractivity contribution is 0.563. The van der Waals surface area contributed by atoms with Crippen LogP contribution in [-0.2, 0) is 4.79 Å². The molecule has 30 valence electrons. The summed E-state index contributed by atoms with van der Waals surface area (Å²) in [5.74, 6) is 0. The highest BCUT2D eigenvalue weighted by Gasteiger charge is 1.03. The number of isocyanates is 1. The Kier molecular flexibility index (Phi) is 132. The van der Waals surface area contributed by atoms with Crippen LogP contribution in [0.4, 0.5) is 0 Å². The minimum Gasteiger partial charge on any atom is -0.358 e. The Morgan fingerprint density at radius 2 is 1.80 bits per heavy atom. The van der Waals surface area contributed by atoms with Gasteiger partial charge in [0.2, 0.25) is 6.08 Å². The van der Waals surface area contributed by atoms with Gasteiger partial charge in [0.25, 0.3) is 0 Å². The monoisotopic (exact) mass is 90.0 g/mol. The molecule has 0 fully saturated rings. The Balaban J connectivity index is 0. The molecule has 5 heavy (non-hydrogen) atoms. The Bertz CT molecular complexity index is 30.6. The third-order valence-corrected chi connectivity index (χ3v) is 0. The van der Waals surface area contributed by atoms with Gasteiger partial charge in [0.05, 0.1) is 10.4 Å². The van der Waals surface area contributed by atoms with Crippen LogP contribution in [-0.4, -0.2) is 16.5 Å². The van der Waals surface area contributed by atoms with Gasteiger partial charge in [0.1, 0.15) is 0 Å². The highest BCUT2D eigenvalue weighted by molar-refractivity contribution is 6.02. The fourth-order valence-corrected chi connectivity index (χ4v) is 0. The van der Waals surface area contributed by atoms with Crippen molar-refractivity contribution in [3.05, 3.63) is 0 Å². The maximum atomic E-state index is 8.35. The SMILES string of the molecule is N=C=O.N[SiH3]. The molecule has 0 aromatic carbocycles. The van der Waals surface area contributed by atoms with E-state index in [0.29, 0.717) is 0 Å². The molecule has 4 heteroatoms. The van der Waals surface area contributed by atoms with E-state index < -0.39 is 0 Å². The number of carbonyl (C=O) groups excluding carboxylic acids is 1. The summed E-state index contributed by atoms with van der Waals surface area (Å²) in [5.41, 5.74) is 0. The van der Waals surface area contributed by atoms with Crippen molar-refractivity contribution in [3.63, 3.8) is 0 Å². The van der Waals surface area contributed by atoms with Crippen molar-refractivity contribution >= 4 is 16.5 Å². The van der Waals surface area contributed by atoms with Crippen molar-refractivity contribution in [2.45, 2.75) is 0 Å². The molecule has 0 saturated carbocycles. The molecule has 0 unspecified atom stereocenters. The van der Waals surface area contributed by atoms with Crippen LogP contribution in [0.1, 0.15) is 0 Å². The first kappa shape index (κ1) is 8.82. The van der Waals surface area contributed by atoms with Crippen molar-refractivity contribution in [1.82, 2.24) is 0 Å². The number of hydrogen-bond donors (Lipinski definition) is 2. The number of nitrogens with two attached hydrogens (primary N) is 1. The molecule has 0 rings (SSSR count). The van der Waals surface area contributed by atoms with Crippen LogP contribution < -0.4 is 5.40 Å². The Hall–Kier alpha value is -0.443. The molecule has 0 aliphatic carbocycles. The summed E-state index contributed by atoms with van der Waals surface area (Å²) in [7, 11) is 0.806. The molecule has 3 nitrogen and oxygen atoms in total. The summed E-state index contributed by atoms with van der Waals surface area (Å²) < 4.78 is 0. The molecule has 3 N–H and O–H groups in total. The van der Waals surface area contributed by atoms with Crippen LogP contribution in [0.3, 0.4) is 0 Å². The minimum absolute atomic E-state index is 0.750. The fraction of sp³-hybridized carbons (Fsp3) is 0. The quantitative estimate of drug-likeness (QED) is 0.208. The molecule has 0 aliphatic rings. The average molecular weight is 90.2 g/mol. The molecular weight excluding hydrogens is 84.1 g/mol. The fourth-order valence-electron chi connectivity index (χ4n) is 0. The van der Waals surface area contributed by atoms with Crippen LogP contribution in [0.5, 0.6) is 0 Å². The lowest BCUT2D eigenvalue weighted by atomic mass is 11.7. The summed E-state index contributed by atoms with van der Waals surface area (Å²) in [5, 5.41) is 10.0. The Morgan fingerprint density at radius 1 is 1.80 bits per heavy atom. The predicted molar refractivity (Wildman–Crippen MR) is 22.5 cm³/mol. The van der Waals surface area contributed by atoms with E-state index in [9.17, 15) is 0 Å². The summed E-state index contributed by atoms with van der Waals surface area (Å²) in [6.45, 7) is 0. The lowest BCUT2D eigenvalue weighted by Gasteiger charge is -1.17. The van der Waals surface area contributed by atoms with E-state index in [1.54, 1.807) is 0 Å². The molecule has 0 saturated heterocycles. The number of hydrogen-bond acceptors (Lipinski definition) is 3. The standard InChI is InChI=1S/CHNO.H5NSi/c2-1-3;1-2/h2H;1H2,2H3. The minimum atomic E-state index is 0.750. The van der Waals surface area contributed by atoms with Gasteiger partial charge in [0, 0.05) is 0 Å². The van der Waals surface area contributed by atoms with Gasteiger partial charge in [-0.15, -0.1) is 0 Å². The summed E-state index contributed by atoms with van der Waals surface area (Å²) in [4.78, 5) is 8.35. The highest BCUT2D eigenvalue weighted by Crippen LogP contribution is 0.868. The second-order valence-electron chi connectivity index (χ2n) is 0.102. The van der Waals surface area contributed by atoms with Gasteiger partial charge in [0.15, 0.2) is 0 Å². The van der Waals surface area contributed by atoms with Crippen LogP contribution in [0.15, 0.2) is 0 Å². The third-order valence-electron chi connectivity index (χ3n) is 0. The van der Waals surface area contributed by atoms with Crippen molar-refractivity contribution in [1.29, 1.82) is 5.41 Å². The van der Waals surface area contributed by atoms with E-state index in [0.717, 1.165) is 16.5 Å². The van der Waals surface area contributed by atoms with Crippen LogP contribution in [0.25, 0.3) is 0 Å². The van der Waals surface area contributed by atoms with Gasteiger partial charge in [-0.3, -0.25) is 0 Å². The smallest absolute Gasteiger partial charge is 0.231 e. The van der Waals surface area contributed by atoms with Crippen LogP contribution >= 0.6 is 0 Å². The topological polar surface area (TPSA) is 66.9 Å². The normalized spacial score (nSPS) is 3.40. The zero-order chi connectivity index (χ0) is 4.71. The van der Waals surface area contributed by atoms with Gasteiger partial charge in [-0.25, -0.2) is 10.2 Å². The molecule has 0 atom stereocenters. The zero-order valence-corrected chi connectivity index (χ0v) is 4.99. The van der Waals surface area contributed by atoms with Gasteiger partial charge in [-0.1, -0.05) is 0 Å². The summed E-state index contributed by atoms with van der Waals surface area (Å²) in [6, 6.07) is 0. The summed E-state index contributed by atoms with van der Waals surface area (Å²) in [6.07, 6.45) is 0.750. The Labute approximate surface area is 33.2 Å². The molecule has 0 aliphatic heterocycles. The largest absolute Gasteiger partial charge is 0.358 e. The summed E-state index contributed by atoms with van der Waals surface area (Å²) >= 11 is 0. The van der Waals surface area contributed by atoms with E-state index in [2.05, 4.69) is 5.40 Å². The average Bonchev–Trinajstić information content (AvgIpc) is 1.46. The lowest BCUT2D eigenvalue weighted by Crippen LogP contribution is -1.75. The van der Waals surface area contributed by atoms with Gasteiger partial charge in [-0.2, -0.15) is 0 Å². The number of rotatable bonds is 0. The van der Waals surface area contributed by atoms with E-state index in [1.165, 1.54) is 0 Å². The highest BCUT2D eigenvalue weighted by atomic mass is 28.2. The zero-order valence-electron chi connectivity index (χ0n) is 2.99. The van der Waals surface area contributed by atoms with Gasteiger partial charge < -0.3 is 5.40 Å². The molecule has 0 aromatic rings. The van der Waals surface area contributed by atoms with Crippen LogP contribution in [0, 0.1) is 5.41 Å². The third kappa shape index (κ3) is 43.9. The van der Waals surface area contributed by atoms with Gasteiger partial charge >= 0.3 is 0 Å². The van der Waals surface area contributed by atoms with Crippen molar-refractivity contribution in [3.8, 4) is 0 Å². The van der Waals surface area contributed by atoms with Crippen molar-refractivity contribution in [2.75, 3.05) is 0 Å². The molecule has 0 aromatic heterocycles. The molecular formula is CH6N2OSi. The molecule has 0 heterocycles. The molecule has 0 bridgehead atoms. The second kappa shape index (κ2) is 75.0. The molecule has 0 radical (unpaired) electrons. The van der Waals surface area contributed by atoms with E-state index >= 15 is 0 Å². The predicted octanol–water partition coefficient (Wildman–Crippen LogP) is -1.87.